The Balaban J connectivity index is 3.13. The molecule has 0 aromatic heterocycles. The van der Waals surface area contributed by atoms with E-state index in [2.05, 4.69) is 20.7 Å². The number of aryl methyl sites for hydroxylation is 2. The van der Waals surface area contributed by atoms with E-state index >= 15 is 0 Å². The molecule has 0 atom stereocenters. The standard InChI is InChI=1S/C12H19BrN2O2S/c1-8(2)15(5)18(16,17)14-12-10(4)6-9(3)7-11(12)13/h6-8,14H,1-5H3. The Labute approximate surface area is 118 Å². The third-order valence-corrected chi connectivity index (χ3v) is 5.04. The fourth-order valence-electron chi connectivity index (χ4n) is 1.52. The Morgan fingerprint density at radius 2 is 1.83 bits per heavy atom. The molecule has 0 saturated heterocycles. The van der Waals surface area contributed by atoms with E-state index in [0.717, 1.165) is 15.6 Å². The quantitative estimate of drug-likeness (QED) is 0.919. The number of anilines is 1. The van der Waals surface area contributed by atoms with Crippen LogP contribution in [0.15, 0.2) is 16.6 Å². The van der Waals surface area contributed by atoms with E-state index in [0.29, 0.717) is 5.69 Å². The zero-order chi connectivity index (χ0) is 14.1. The van der Waals surface area contributed by atoms with Crippen LogP contribution in [-0.4, -0.2) is 25.8 Å². The molecule has 1 aromatic carbocycles. The van der Waals surface area contributed by atoms with E-state index in [1.165, 1.54) is 4.31 Å². The van der Waals surface area contributed by atoms with Gasteiger partial charge in [0.2, 0.25) is 0 Å². The molecule has 1 N–H and O–H groups in total. The Morgan fingerprint density at radius 1 is 1.28 bits per heavy atom. The van der Waals surface area contributed by atoms with Crippen molar-refractivity contribution in [1.29, 1.82) is 0 Å². The van der Waals surface area contributed by atoms with Crippen LogP contribution in [0.5, 0.6) is 0 Å². The number of benzene rings is 1. The largest absolute Gasteiger partial charge is 0.301 e. The summed E-state index contributed by atoms with van der Waals surface area (Å²) in [5.41, 5.74) is 2.57. The van der Waals surface area contributed by atoms with Crippen molar-refractivity contribution in [2.75, 3.05) is 11.8 Å². The molecular formula is C12H19BrN2O2S. The molecule has 0 aliphatic rings. The highest BCUT2D eigenvalue weighted by atomic mass is 79.9. The number of hydrogen-bond acceptors (Lipinski definition) is 2. The third-order valence-electron chi connectivity index (χ3n) is 2.77. The van der Waals surface area contributed by atoms with E-state index in [-0.39, 0.29) is 6.04 Å². The average molecular weight is 335 g/mol. The van der Waals surface area contributed by atoms with Gasteiger partial charge in [0.1, 0.15) is 0 Å². The van der Waals surface area contributed by atoms with Gasteiger partial charge in [-0.1, -0.05) is 6.07 Å². The van der Waals surface area contributed by atoms with Gasteiger partial charge < -0.3 is 0 Å². The molecule has 102 valence electrons. The van der Waals surface area contributed by atoms with Crippen LogP contribution in [0, 0.1) is 13.8 Å². The third kappa shape index (κ3) is 3.46. The zero-order valence-corrected chi connectivity index (χ0v) is 13.7. The number of hydrogen-bond donors (Lipinski definition) is 1. The molecule has 0 radical (unpaired) electrons. The zero-order valence-electron chi connectivity index (χ0n) is 11.3. The van der Waals surface area contributed by atoms with Crippen molar-refractivity contribution < 1.29 is 8.42 Å². The smallest absolute Gasteiger partial charge is 0.269 e. The summed E-state index contributed by atoms with van der Waals surface area (Å²) in [7, 11) is -1.96. The lowest BCUT2D eigenvalue weighted by molar-refractivity contribution is 0.414. The predicted molar refractivity (Wildman–Crippen MR) is 79.1 cm³/mol. The summed E-state index contributed by atoms with van der Waals surface area (Å²) in [6.45, 7) is 7.51. The monoisotopic (exact) mass is 334 g/mol. The minimum Gasteiger partial charge on any atom is -0.269 e. The average Bonchev–Trinajstić information content (AvgIpc) is 2.22. The van der Waals surface area contributed by atoms with Crippen LogP contribution in [0.2, 0.25) is 0 Å². The van der Waals surface area contributed by atoms with Gasteiger partial charge in [0, 0.05) is 17.6 Å². The van der Waals surface area contributed by atoms with Crippen molar-refractivity contribution in [3.05, 3.63) is 27.7 Å². The van der Waals surface area contributed by atoms with Crippen molar-refractivity contribution in [1.82, 2.24) is 4.31 Å². The molecule has 18 heavy (non-hydrogen) atoms. The van der Waals surface area contributed by atoms with Crippen molar-refractivity contribution in [2.24, 2.45) is 0 Å². The van der Waals surface area contributed by atoms with Crippen LogP contribution in [-0.2, 0) is 10.2 Å². The summed E-state index contributed by atoms with van der Waals surface area (Å²) in [6.07, 6.45) is 0. The van der Waals surface area contributed by atoms with Gasteiger partial charge in [0.05, 0.1) is 5.69 Å². The number of rotatable bonds is 4. The van der Waals surface area contributed by atoms with Crippen LogP contribution in [0.3, 0.4) is 0 Å². The summed E-state index contributed by atoms with van der Waals surface area (Å²) in [5, 5.41) is 0. The minimum atomic E-state index is -3.52. The molecule has 1 aromatic rings. The van der Waals surface area contributed by atoms with Crippen LogP contribution in [0.25, 0.3) is 0 Å². The molecule has 6 heteroatoms. The summed E-state index contributed by atoms with van der Waals surface area (Å²) < 4.78 is 28.9. The first-order chi connectivity index (χ1) is 8.15. The minimum absolute atomic E-state index is 0.0907. The van der Waals surface area contributed by atoms with Gasteiger partial charge in [-0.15, -0.1) is 0 Å². The lowest BCUT2D eigenvalue weighted by Gasteiger charge is -2.23. The Morgan fingerprint density at radius 3 is 2.28 bits per heavy atom. The second-order valence-corrected chi connectivity index (χ2v) is 7.24. The van der Waals surface area contributed by atoms with Crippen molar-refractivity contribution in [3.8, 4) is 0 Å². The van der Waals surface area contributed by atoms with E-state index in [9.17, 15) is 8.42 Å². The maximum atomic E-state index is 12.1. The topological polar surface area (TPSA) is 49.4 Å². The lowest BCUT2D eigenvalue weighted by atomic mass is 10.1. The maximum Gasteiger partial charge on any atom is 0.301 e. The highest BCUT2D eigenvalue weighted by Crippen LogP contribution is 2.29. The van der Waals surface area contributed by atoms with Crippen molar-refractivity contribution >= 4 is 31.8 Å². The van der Waals surface area contributed by atoms with Gasteiger partial charge in [-0.05, 0) is 60.8 Å². The first kappa shape index (κ1) is 15.5. The normalized spacial score (nSPS) is 12.2. The summed E-state index contributed by atoms with van der Waals surface area (Å²) in [6, 6.07) is 3.74. The second-order valence-electron chi connectivity index (χ2n) is 4.66. The molecule has 0 aliphatic carbocycles. The molecule has 0 saturated carbocycles. The predicted octanol–water partition coefficient (Wildman–Crippen LogP) is 3.06. The van der Waals surface area contributed by atoms with Gasteiger partial charge in [0.25, 0.3) is 0 Å². The first-order valence-electron chi connectivity index (χ1n) is 5.67. The van der Waals surface area contributed by atoms with Crippen LogP contribution >= 0.6 is 15.9 Å². The molecule has 0 aliphatic heterocycles. The maximum absolute atomic E-state index is 12.1. The van der Waals surface area contributed by atoms with Crippen molar-refractivity contribution in [3.63, 3.8) is 0 Å². The van der Waals surface area contributed by atoms with Gasteiger partial charge in [-0.25, -0.2) is 0 Å². The number of halogens is 1. The fraction of sp³-hybridized carbons (Fsp3) is 0.500. The van der Waals surface area contributed by atoms with Gasteiger partial charge in [-0.3, -0.25) is 4.72 Å². The Bertz CT molecular complexity index is 518. The van der Waals surface area contributed by atoms with Crippen LogP contribution < -0.4 is 4.72 Å². The summed E-state index contributed by atoms with van der Waals surface area (Å²) >= 11 is 3.39. The Kier molecular flexibility index (Phi) is 4.80. The lowest BCUT2D eigenvalue weighted by Crippen LogP contribution is -2.37. The molecule has 0 unspecified atom stereocenters. The molecule has 0 heterocycles. The summed E-state index contributed by atoms with van der Waals surface area (Å²) in [5.74, 6) is 0. The summed E-state index contributed by atoms with van der Waals surface area (Å²) in [4.78, 5) is 0. The molecule has 0 bridgehead atoms. The highest BCUT2D eigenvalue weighted by Gasteiger charge is 2.22. The highest BCUT2D eigenvalue weighted by molar-refractivity contribution is 9.10. The van der Waals surface area contributed by atoms with E-state index in [4.69, 9.17) is 0 Å². The fourth-order valence-corrected chi connectivity index (χ4v) is 3.66. The van der Waals surface area contributed by atoms with E-state index in [1.807, 2.05) is 39.8 Å². The van der Waals surface area contributed by atoms with Gasteiger partial charge in [-0.2, -0.15) is 12.7 Å². The molecular weight excluding hydrogens is 316 g/mol. The molecule has 0 amide bonds. The van der Waals surface area contributed by atoms with Crippen LogP contribution in [0.1, 0.15) is 25.0 Å². The van der Waals surface area contributed by atoms with Gasteiger partial charge in [0.15, 0.2) is 0 Å². The molecule has 4 nitrogen and oxygen atoms in total. The van der Waals surface area contributed by atoms with Crippen LogP contribution in [0.4, 0.5) is 5.69 Å². The van der Waals surface area contributed by atoms with E-state index in [1.54, 1.807) is 7.05 Å². The molecule has 0 spiro atoms. The number of nitrogens with zero attached hydrogens (tertiary/aromatic N) is 1. The number of nitrogens with one attached hydrogen (secondary N) is 1. The molecule has 1 rings (SSSR count). The van der Waals surface area contributed by atoms with Gasteiger partial charge >= 0.3 is 10.2 Å². The SMILES string of the molecule is Cc1cc(C)c(NS(=O)(=O)N(C)C(C)C)c(Br)c1. The Hall–Kier alpha value is -0.590. The first-order valence-corrected chi connectivity index (χ1v) is 7.91. The second kappa shape index (κ2) is 5.59. The van der Waals surface area contributed by atoms with Crippen molar-refractivity contribution in [2.45, 2.75) is 33.7 Å². The molecule has 0 fully saturated rings. The van der Waals surface area contributed by atoms with E-state index < -0.39 is 10.2 Å².